The second kappa shape index (κ2) is 6.45. The van der Waals surface area contributed by atoms with Crippen LogP contribution in [0.5, 0.6) is 0 Å². The fourth-order valence-corrected chi connectivity index (χ4v) is 2.67. The summed E-state index contributed by atoms with van der Waals surface area (Å²) in [6, 6.07) is 14.0. The van der Waals surface area contributed by atoms with E-state index in [9.17, 15) is 4.39 Å². The minimum Gasteiger partial charge on any atom is -0.355 e. The van der Waals surface area contributed by atoms with E-state index in [2.05, 4.69) is 20.3 Å². The molecule has 6 heteroatoms. The van der Waals surface area contributed by atoms with Crippen LogP contribution in [0.25, 0.3) is 22.3 Å². The van der Waals surface area contributed by atoms with Gasteiger partial charge < -0.3 is 5.32 Å². The van der Waals surface area contributed by atoms with Gasteiger partial charge in [0.1, 0.15) is 5.82 Å². The summed E-state index contributed by atoms with van der Waals surface area (Å²) in [5, 5.41) is 4.17. The normalized spacial score (nSPS) is 10.8. The van der Waals surface area contributed by atoms with E-state index in [1.165, 1.54) is 6.07 Å². The van der Waals surface area contributed by atoms with Gasteiger partial charge in [0.25, 0.3) is 0 Å². The summed E-state index contributed by atoms with van der Waals surface area (Å²) < 4.78 is 13.2. The molecule has 122 valence electrons. The summed E-state index contributed by atoms with van der Waals surface area (Å²) in [6.07, 6.45) is 5.22. The largest absolute Gasteiger partial charge is 0.355 e. The van der Waals surface area contributed by atoms with Crippen molar-refractivity contribution in [2.24, 2.45) is 0 Å². The number of fused-ring (bicyclic) bond motifs is 1. The maximum absolute atomic E-state index is 13.2. The number of nitrogens with zero attached hydrogens (tertiary/aromatic N) is 3. The average molecular weight is 351 g/mol. The summed E-state index contributed by atoms with van der Waals surface area (Å²) in [7, 11) is 0. The Kier molecular flexibility index (Phi) is 3.99. The number of benzene rings is 2. The number of hydrogen-bond donors (Lipinski definition) is 1. The molecule has 0 bridgehead atoms. The Morgan fingerprint density at radius 3 is 2.60 bits per heavy atom. The van der Waals surface area contributed by atoms with Crippen molar-refractivity contribution in [1.82, 2.24) is 15.0 Å². The molecule has 0 amide bonds. The molecular weight excluding hydrogens is 339 g/mol. The van der Waals surface area contributed by atoms with E-state index in [0.717, 1.165) is 22.2 Å². The highest BCUT2D eigenvalue weighted by Crippen LogP contribution is 2.25. The van der Waals surface area contributed by atoms with E-state index in [1.54, 1.807) is 30.7 Å². The molecule has 0 spiro atoms. The van der Waals surface area contributed by atoms with Crippen molar-refractivity contribution in [2.45, 2.75) is 0 Å². The second-order valence-corrected chi connectivity index (χ2v) is 5.87. The summed E-state index contributed by atoms with van der Waals surface area (Å²) >= 11 is 5.81. The Morgan fingerprint density at radius 1 is 0.960 bits per heavy atom. The molecule has 4 aromatic rings. The Balaban J connectivity index is 1.65. The fourth-order valence-electron chi connectivity index (χ4n) is 2.49. The highest BCUT2D eigenvalue weighted by Gasteiger charge is 2.05. The van der Waals surface area contributed by atoms with Crippen molar-refractivity contribution in [3.63, 3.8) is 0 Å². The second-order valence-electron chi connectivity index (χ2n) is 5.46. The maximum atomic E-state index is 13.2. The van der Waals surface area contributed by atoms with Crippen molar-refractivity contribution in [3.8, 4) is 11.4 Å². The third-order valence-electron chi connectivity index (χ3n) is 3.71. The molecule has 25 heavy (non-hydrogen) atoms. The first-order valence-corrected chi connectivity index (χ1v) is 7.96. The van der Waals surface area contributed by atoms with Gasteiger partial charge in [-0.3, -0.25) is 4.98 Å². The van der Waals surface area contributed by atoms with Gasteiger partial charge in [-0.05, 0) is 48.5 Å². The first-order valence-electron chi connectivity index (χ1n) is 7.58. The van der Waals surface area contributed by atoms with Crippen LogP contribution in [0.4, 0.5) is 15.8 Å². The van der Waals surface area contributed by atoms with Crippen LogP contribution in [0.15, 0.2) is 67.1 Å². The Hall–Kier alpha value is -3.05. The predicted octanol–water partition coefficient (Wildman–Crippen LogP) is 5.23. The van der Waals surface area contributed by atoms with Gasteiger partial charge in [0.2, 0.25) is 0 Å². The SMILES string of the molecule is Fc1ccc(Nc2ccc3nc(-c4cccnc4)ncc3c2)cc1Cl. The molecule has 0 aliphatic carbocycles. The Bertz CT molecular complexity index is 1050. The van der Waals surface area contributed by atoms with Crippen LogP contribution in [0.1, 0.15) is 0 Å². The third kappa shape index (κ3) is 3.27. The molecule has 0 atom stereocenters. The maximum Gasteiger partial charge on any atom is 0.161 e. The highest BCUT2D eigenvalue weighted by atomic mass is 35.5. The van der Waals surface area contributed by atoms with Crippen LogP contribution >= 0.6 is 11.6 Å². The van der Waals surface area contributed by atoms with Gasteiger partial charge in [0.15, 0.2) is 5.82 Å². The van der Waals surface area contributed by atoms with E-state index in [4.69, 9.17) is 11.6 Å². The molecule has 1 N–H and O–H groups in total. The summed E-state index contributed by atoms with van der Waals surface area (Å²) in [6.45, 7) is 0. The smallest absolute Gasteiger partial charge is 0.161 e. The summed E-state index contributed by atoms with van der Waals surface area (Å²) in [4.78, 5) is 13.1. The quantitative estimate of drug-likeness (QED) is 0.549. The van der Waals surface area contributed by atoms with Crippen molar-refractivity contribution in [1.29, 1.82) is 0 Å². The number of aromatic nitrogens is 3. The first kappa shape index (κ1) is 15.5. The summed E-state index contributed by atoms with van der Waals surface area (Å²) in [5.74, 6) is 0.189. The highest BCUT2D eigenvalue weighted by molar-refractivity contribution is 6.31. The van der Waals surface area contributed by atoms with Crippen molar-refractivity contribution in [3.05, 3.63) is 78.0 Å². The lowest BCUT2D eigenvalue weighted by Crippen LogP contribution is -1.93. The fraction of sp³-hybridized carbons (Fsp3) is 0. The van der Waals surface area contributed by atoms with Gasteiger partial charge in [-0.1, -0.05) is 11.6 Å². The Morgan fingerprint density at radius 2 is 1.80 bits per heavy atom. The van der Waals surface area contributed by atoms with Crippen LogP contribution in [0.3, 0.4) is 0 Å². The Labute approximate surface area is 148 Å². The average Bonchev–Trinajstić information content (AvgIpc) is 2.65. The molecule has 0 radical (unpaired) electrons. The molecule has 2 heterocycles. The van der Waals surface area contributed by atoms with Gasteiger partial charge in [-0.15, -0.1) is 0 Å². The number of pyridine rings is 1. The zero-order valence-electron chi connectivity index (χ0n) is 12.9. The van der Waals surface area contributed by atoms with Crippen molar-refractivity contribution in [2.75, 3.05) is 5.32 Å². The van der Waals surface area contributed by atoms with Gasteiger partial charge in [0.05, 0.1) is 10.5 Å². The molecular formula is C19H12ClFN4. The molecule has 0 aliphatic heterocycles. The molecule has 0 saturated heterocycles. The number of rotatable bonds is 3. The lowest BCUT2D eigenvalue weighted by atomic mass is 10.2. The third-order valence-corrected chi connectivity index (χ3v) is 4.00. The van der Waals surface area contributed by atoms with E-state index in [1.807, 2.05) is 30.3 Å². The molecule has 4 rings (SSSR count). The number of nitrogens with one attached hydrogen (secondary N) is 1. The zero-order chi connectivity index (χ0) is 17.2. The minimum atomic E-state index is -0.443. The van der Waals surface area contributed by atoms with Gasteiger partial charge in [-0.2, -0.15) is 0 Å². The molecule has 0 fully saturated rings. The molecule has 2 aromatic heterocycles. The molecule has 0 aliphatic rings. The first-order chi connectivity index (χ1) is 12.2. The zero-order valence-corrected chi connectivity index (χ0v) is 13.7. The van der Waals surface area contributed by atoms with Crippen LogP contribution in [-0.2, 0) is 0 Å². The lowest BCUT2D eigenvalue weighted by molar-refractivity contribution is 0.628. The van der Waals surface area contributed by atoms with Gasteiger partial charge >= 0.3 is 0 Å². The number of hydrogen-bond acceptors (Lipinski definition) is 4. The van der Waals surface area contributed by atoms with Crippen molar-refractivity contribution < 1.29 is 4.39 Å². The standard InChI is InChI=1S/C19H12ClFN4/c20-16-9-15(3-5-17(16)21)24-14-4-6-18-13(8-14)11-23-19(25-18)12-2-1-7-22-10-12/h1-11,24H. The number of halogens is 2. The van der Waals surface area contributed by atoms with Gasteiger partial charge in [0, 0.05) is 40.9 Å². The van der Waals surface area contributed by atoms with E-state index < -0.39 is 5.82 Å². The number of anilines is 2. The van der Waals surface area contributed by atoms with Crippen LogP contribution in [0, 0.1) is 5.82 Å². The topological polar surface area (TPSA) is 50.7 Å². The minimum absolute atomic E-state index is 0.0789. The summed E-state index contributed by atoms with van der Waals surface area (Å²) in [5.41, 5.74) is 3.25. The lowest BCUT2D eigenvalue weighted by Gasteiger charge is -2.09. The molecule has 4 nitrogen and oxygen atoms in total. The van der Waals surface area contributed by atoms with Gasteiger partial charge in [-0.25, -0.2) is 14.4 Å². The van der Waals surface area contributed by atoms with E-state index >= 15 is 0 Å². The van der Waals surface area contributed by atoms with Crippen molar-refractivity contribution >= 4 is 33.9 Å². The van der Waals surface area contributed by atoms with Crippen LogP contribution in [-0.4, -0.2) is 15.0 Å². The monoisotopic (exact) mass is 350 g/mol. The molecule has 0 saturated carbocycles. The molecule has 0 unspecified atom stereocenters. The molecule has 2 aromatic carbocycles. The van der Waals surface area contributed by atoms with Crippen LogP contribution < -0.4 is 5.32 Å². The predicted molar refractivity (Wildman–Crippen MR) is 97.5 cm³/mol. The van der Waals surface area contributed by atoms with Crippen LogP contribution in [0.2, 0.25) is 5.02 Å². The van der Waals surface area contributed by atoms with E-state index in [-0.39, 0.29) is 5.02 Å². The van der Waals surface area contributed by atoms with E-state index in [0.29, 0.717) is 11.5 Å².